The molecule has 0 bridgehead atoms. The van der Waals surface area contributed by atoms with Gasteiger partial charge in [0.15, 0.2) is 0 Å². The van der Waals surface area contributed by atoms with Crippen LogP contribution in [0.5, 0.6) is 0 Å². The smallest absolute Gasteiger partial charge is 0.271 e. The Hall–Kier alpha value is -3.52. The number of thiophene rings is 1. The van der Waals surface area contributed by atoms with E-state index in [0.29, 0.717) is 36.4 Å². The normalized spacial score (nSPS) is 14.2. The van der Waals surface area contributed by atoms with Crippen LogP contribution in [-0.4, -0.2) is 46.5 Å². The highest BCUT2D eigenvalue weighted by atomic mass is 32.1. The Morgan fingerprint density at radius 1 is 1.00 bits per heavy atom. The Labute approximate surface area is 188 Å². The topological polar surface area (TPSA) is 58.4 Å². The molecule has 2 aromatic heterocycles. The Balaban J connectivity index is 1.28. The van der Waals surface area contributed by atoms with E-state index in [0.717, 1.165) is 16.1 Å². The van der Waals surface area contributed by atoms with Crippen LogP contribution in [0.3, 0.4) is 0 Å². The summed E-state index contributed by atoms with van der Waals surface area (Å²) in [6.45, 7) is 2.40. The molecule has 8 heteroatoms. The van der Waals surface area contributed by atoms with E-state index in [1.807, 2.05) is 36.4 Å². The van der Waals surface area contributed by atoms with Crippen molar-refractivity contribution in [3.05, 3.63) is 83.2 Å². The highest BCUT2D eigenvalue weighted by Gasteiger charge is 2.22. The molecule has 2 aromatic carbocycles. The van der Waals surface area contributed by atoms with Gasteiger partial charge in [0.05, 0.1) is 11.8 Å². The number of anilines is 1. The second-order valence-corrected chi connectivity index (χ2v) is 8.77. The Kier molecular flexibility index (Phi) is 5.45. The fourth-order valence-electron chi connectivity index (χ4n) is 3.91. The molecule has 3 heterocycles. The highest BCUT2D eigenvalue weighted by molar-refractivity contribution is 7.22. The molecule has 1 amide bonds. The fourth-order valence-corrected chi connectivity index (χ4v) is 4.98. The van der Waals surface area contributed by atoms with Crippen molar-refractivity contribution < 1.29 is 9.18 Å². The van der Waals surface area contributed by atoms with Crippen LogP contribution in [0.2, 0.25) is 0 Å². The summed E-state index contributed by atoms with van der Waals surface area (Å²) < 4.78 is 15.1. The molecule has 1 aliphatic heterocycles. The zero-order chi connectivity index (χ0) is 22.1. The average Bonchev–Trinajstić information content (AvgIpc) is 3.27. The van der Waals surface area contributed by atoms with Crippen LogP contribution >= 0.6 is 11.3 Å². The Bertz CT molecular complexity index is 1310. The molecule has 0 aliphatic carbocycles. The first-order valence-electron chi connectivity index (χ1n) is 10.4. The maximum Gasteiger partial charge on any atom is 0.271 e. The van der Waals surface area contributed by atoms with Gasteiger partial charge >= 0.3 is 0 Å². The molecular weight excluding hydrogens is 427 g/mol. The second kappa shape index (κ2) is 8.55. The van der Waals surface area contributed by atoms with Crippen LogP contribution in [0.1, 0.15) is 0 Å². The van der Waals surface area contributed by atoms with Gasteiger partial charge in [-0.25, -0.2) is 9.37 Å². The van der Waals surface area contributed by atoms with Crippen molar-refractivity contribution >= 4 is 33.1 Å². The summed E-state index contributed by atoms with van der Waals surface area (Å²) in [7, 11) is 0. The van der Waals surface area contributed by atoms with E-state index < -0.39 is 0 Å². The molecule has 1 aliphatic rings. The van der Waals surface area contributed by atoms with Gasteiger partial charge in [0.1, 0.15) is 17.1 Å². The zero-order valence-corrected chi connectivity index (χ0v) is 18.1. The predicted octanol–water partition coefficient (Wildman–Crippen LogP) is 3.61. The van der Waals surface area contributed by atoms with E-state index in [2.05, 4.69) is 9.88 Å². The summed E-state index contributed by atoms with van der Waals surface area (Å²) >= 11 is 1.40. The first-order chi connectivity index (χ1) is 15.6. The maximum atomic E-state index is 13.1. The first kappa shape index (κ1) is 20.4. The summed E-state index contributed by atoms with van der Waals surface area (Å²) in [6, 6.07) is 18.2. The molecule has 6 nitrogen and oxygen atoms in total. The van der Waals surface area contributed by atoms with Crippen molar-refractivity contribution in [1.29, 1.82) is 0 Å². The highest BCUT2D eigenvalue weighted by Crippen LogP contribution is 2.30. The quantitative estimate of drug-likeness (QED) is 0.479. The summed E-state index contributed by atoms with van der Waals surface area (Å²) in [6.07, 6.45) is 1.46. The number of carbonyl (C=O) groups excluding carboxylic acids is 1. The number of rotatable bonds is 4. The number of piperazine rings is 1. The molecule has 162 valence electrons. The molecule has 1 saturated heterocycles. The second-order valence-electron chi connectivity index (χ2n) is 7.71. The average molecular weight is 449 g/mol. The lowest BCUT2D eigenvalue weighted by atomic mass is 10.2. The number of aromatic nitrogens is 2. The van der Waals surface area contributed by atoms with Gasteiger partial charge in [-0.1, -0.05) is 30.3 Å². The minimum atomic E-state index is -0.264. The third-order valence-corrected chi connectivity index (χ3v) is 6.85. The number of benzene rings is 2. The number of fused-ring (bicyclic) bond motifs is 1. The predicted molar refractivity (Wildman–Crippen MR) is 125 cm³/mol. The van der Waals surface area contributed by atoms with E-state index in [4.69, 9.17) is 0 Å². The third kappa shape index (κ3) is 4.01. The van der Waals surface area contributed by atoms with Crippen LogP contribution in [0.15, 0.2) is 71.8 Å². The van der Waals surface area contributed by atoms with Crippen LogP contribution in [0.4, 0.5) is 10.1 Å². The van der Waals surface area contributed by atoms with E-state index >= 15 is 0 Å². The van der Waals surface area contributed by atoms with Crippen LogP contribution in [-0.2, 0) is 11.3 Å². The molecule has 1 fully saturated rings. The van der Waals surface area contributed by atoms with E-state index in [1.54, 1.807) is 17.0 Å². The van der Waals surface area contributed by atoms with Gasteiger partial charge < -0.3 is 9.80 Å². The number of nitrogens with zero attached hydrogens (tertiary/aromatic N) is 4. The molecule has 32 heavy (non-hydrogen) atoms. The molecule has 4 aromatic rings. The zero-order valence-electron chi connectivity index (χ0n) is 17.3. The van der Waals surface area contributed by atoms with Gasteiger partial charge in [0, 0.05) is 36.7 Å². The third-order valence-electron chi connectivity index (χ3n) is 5.69. The van der Waals surface area contributed by atoms with Crippen LogP contribution in [0, 0.1) is 5.82 Å². The standard InChI is InChI=1S/C24H21FN4O2S/c25-18-6-8-19(9-7-18)27-10-12-28(13-11-27)22(30)15-29-16-26-20-14-21(32-23(20)24(29)31)17-4-2-1-3-5-17/h1-9,14,16H,10-13,15H2. The molecule has 5 rings (SSSR count). The van der Waals surface area contributed by atoms with Crippen molar-refractivity contribution in [2.45, 2.75) is 6.54 Å². The summed E-state index contributed by atoms with van der Waals surface area (Å²) in [5.41, 5.74) is 2.43. The van der Waals surface area contributed by atoms with Gasteiger partial charge in [0.2, 0.25) is 5.91 Å². The molecule has 0 unspecified atom stereocenters. The van der Waals surface area contributed by atoms with Crippen molar-refractivity contribution in [1.82, 2.24) is 14.5 Å². The molecule has 0 atom stereocenters. The summed E-state index contributed by atoms with van der Waals surface area (Å²) in [5.74, 6) is -0.368. The first-order valence-corrected chi connectivity index (χ1v) is 11.2. The van der Waals surface area contributed by atoms with Crippen molar-refractivity contribution in [3.63, 3.8) is 0 Å². The lowest BCUT2D eigenvalue weighted by Gasteiger charge is -2.36. The maximum absolute atomic E-state index is 13.1. The van der Waals surface area contributed by atoms with Gasteiger partial charge in [-0.15, -0.1) is 11.3 Å². The Morgan fingerprint density at radius 2 is 1.72 bits per heavy atom. The summed E-state index contributed by atoms with van der Waals surface area (Å²) in [4.78, 5) is 35.1. The molecule has 0 saturated carbocycles. The number of carbonyl (C=O) groups is 1. The SMILES string of the molecule is O=C(Cn1cnc2cc(-c3ccccc3)sc2c1=O)N1CCN(c2ccc(F)cc2)CC1. The number of amides is 1. The number of halogens is 1. The monoisotopic (exact) mass is 448 g/mol. The minimum absolute atomic E-state index is 0.0309. The van der Waals surface area contributed by atoms with Crippen LogP contribution < -0.4 is 10.5 Å². The van der Waals surface area contributed by atoms with E-state index in [-0.39, 0.29) is 23.8 Å². The minimum Gasteiger partial charge on any atom is -0.368 e. The van der Waals surface area contributed by atoms with Crippen molar-refractivity contribution in [2.75, 3.05) is 31.1 Å². The van der Waals surface area contributed by atoms with Gasteiger partial charge in [-0.2, -0.15) is 0 Å². The molecule has 0 radical (unpaired) electrons. The largest absolute Gasteiger partial charge is 0.368 e. The van der Waals surface area contributed by atoms with Crippen molar-refractivity contribution in [2.24, 2.45) is 0 Å². The van der Waals surface area contributed by atoms with Gasteiger partial charge in [0.25, 0.3) is 5.56 Å². The lowest BCUT2D eigenvalue weighted by Crippen LogP contribution is -2.50. The van der Waals surface area contributed by atoms with Gasteiger partial charge in [-0.3, -0.25) is 14.2 Å². The van der Waals surface area contributed by atoms with E-state index in [1.165, 1.54) is 34.4 Å². The Morgan fingerprint density at radius 3 is 2.44 bits per heavy atom. The molecule has 0 spiro atoms. The number of hydrogen-bond acceptors (Lipinski definition) is 5. The number of hydrogen-bond donors (Lipinski definition) is 0. The molecular formula is C24H21FN4O2S. The molecule has 0 N–H and O–H groups in total. The lowest BCUT2D eigenvalue weighted by molar-refractivity contribution is -0.132. The van der Waals surface area contributed by atoms with Crippen LogP contribution in [0.25, 0.3) is 20.7 Å². The van der Waals surface area contributed by atoms with E-state index in [9.17, 15) is 14.0 Å². The summed E-state index contributed by atoms with van der Waals surface area (Å²) in [5, 5.41) is 0. The van der Waals surface area contributed by atoms with Crippen molar-refractivity contribution in [3.8, 4) is 10.4 Å². The fraction of sp³-hybridized carbons (Fsp3) is 0.208. The van der Waals surface area contributed by atoms with Gasteiger partial charge in [-0.05, 0) is 35.9 Å².